The Bertz CT molecular complexity index is 704. The van der Waals surface area contributed by atoms with E-state index in [1.54, 1.807) is 13.0 Å². The number of anilines is 1. The Hall–Kier alpha value is -2.72. The number of morpholine rings is 1. The molecular weight excluding hydrogens is 370 g/mol. The normalized spacial score (nSPS) is 13.9. The first kappa shape index (κ1) is 21.6. The van der Waals surface area contributed by atoms with Crippen LogP contribution >= 0.6 is 0 Å². The highest BCUT2D eigenvalue weighted by Gasteiger charge is 2.26. The van der Waals surface area contributed by atoms with Gasteiger partial charge in [0, 0.05) is 38.9 Å². The molecule has 10 nitrogen and oxygen atoms in total. The molecule has 2 rings (SSSR count). The van der Waals surface area contributed by atoms with Crippen LogP contribution in [0, 0.1) is 10.1 Å². The molecule has 1 saturated heterocycles. The Balaban J connectivity index is 2.37. The van der Waals surface area contributed by atoms with E-state index < -0.39 is 16.8 Å². The molecule has 1 heterocycles. The van der Waals surface area contributed by atoms with Gasteiger partial charge >= 0.3 is 5.97 Å². The Morgan fingerprint density at radius 3 is 2.64 bits per heavy atom. The summed E-state index contributed by atoms with van der Waals surface area (Å²) in [7, 11) is 1.49. The summed E-state index contributed by atoms with van der Waals surface area (Å²) >= 11 is 0. The highest BCUT2D eigenvalue weighted by Crippen LogP contribution is 2.27. The third-order valence-electron chi connectivity index (χ3n) is 4.25. The first-order valence-electron chi connectivity index (χ1n) is 9.02. The number of esters is 1. The number of ether oxygens (including phenoxy) is 3. The molecule has 154 valence electrons. The topological polar surface area (TPSA) is 111 Å². The van der Waals surface area contributed by atoms with Crippen LogP contribution in [-0.4, -0.2) is 81.4 Å². The van der Waals surface area contributed by atoms with Crippen LogP contribution in [0.3, 0.4) is 0 Å². The lowest BCUT2D eigenvalue weighted by molar-refractivity contribution is -0.384. The Morgan fingerprint density at radius 2 is 2.04 bits per heavy atom. The molecule has 10 heteroatoms. The molecular formula is C18H25N3O7. The summed E-state index contributed by atoms with van der Waals surface area (Å²) in [5.74, 6) is -1.04. The molecule has 0 atom stereocenters. The maximum Gasteiger partial charge on any atom is 0.325 e. The van der Waals surface area contributed by atoms with Crippen LogP contribution in [-0.2, 0) is 19.0 Å². The zero-order chi connectivity index (χ0) is 20.5. The monoisotopic (exact) mass is 395 g/mol. The van der Waals surface area contributed by atoms with Gasteiger partial charge in [0.1, 0.15) is 6.54 Å². The number of nitro benzene ring substituents is 1. The van der Waals surface area contributed by atoms with E-state index in [0.29, 0.717) is 32.0 Å². The van der Waals surface area contributed by atoms with E-state index in [-0.39, 0.29) is 37.6 Å². The van der Waals surface area contributed by atoms with Crippen molar-refractivity contribution in [2.45, 2.75) is 6.92 Å². The van der Waals surface area contributed by atoms with Gasteiger partial charge in [0.25, 0.3) is 11.6 Å². The lowest BCUT2D eigenvalue weighted by atomic mass is 10.1. The number of benzene rings is 1. The van der Waals surface area contributed by atoms with Gasteiger partial charge in [0.2, 0.25) is 0 Å². The van der Waals surface area contributed by atoms with Gasteiger partial charge in [0.15, 0.2) is 0 Å². The number of methoxy groups -OCH3 is 1. The molecule has 1 aromatic carbocycles. The van der Waals surface area contributed by atoms with Crippen LogP contribution in [0.1, 0.15) is 17.3 Å². The van der Waals surface area contributed by atoms with Gasteiger partial charge in [0.05, 0.1) is 42.6 Å². The van der Waals surface area contributed by atoms with E-state index in [4.69, 9.17) is 14.2 Å². The molecule has 0 spiro atoms. The van der Waals surface area contributed by atoms with Crippen LogP contribution in [0.5, 0.6) is 0 Å². The van der Waals surface area contributed by atoms with Gasteiger partial charge in [-0.25, -0.2) is 0 Å². The standard InChI is InChI=1S/C18H25N3O7/c1-3-28-17(22)13-20(6-9-26-2)18(23)15-12-14(21(24)25)4-5-16(15)19-7-10-27-11-8-19/h4-5,12H,3,6-11,13H2,1-2H3. The molecule has 0 aromatic heterocycles. The quantitative estimate of drug-likeness (QED) is 0.347. The van der Waals surface area contributed by atoms with Gasteiger partial charge in [-0.2, -0.15) is 0 Å². The Kier molecular flexibility index (Phi) is 8.15. The van der Waals surface area contributed by atoms with E-state index in [2.05, 4.69) is 0 Å². The van der Waals surface area contributed by atoms with E-state index in [9.17, 15) is 19.7 Å². The number of non-ortho nitro benzene ring substituents is 1. The van der Waals surface area contributed by atoms with Gasteiger partial charge in [-0.3, -0.25) is 19.7 Å². The molecule has 1 fully saturated rings. The first-order valence-corrected chi connectivity index (χ1v) is 9.02. The fourth-order valence-corrected chi connectivity index (χ4v) is 2.88. The van der Waals surface area contributed by atoms with Crippen molar-refractivity contribution in [3.05, 3.63) is 33.9 Å². The van der Waals surface area contributed by atoms with Crippen molar-refractivity contribution in [2.24, 2.45) is 0 Å². The van der Waals surface area contributed by atoms with E-state index in [0.717, 1.165) is 0 Å². The second-order valence-corrected chi connectivity index (χ2v) is 6.08. The SMILES string of the molecule is CCOC(=O)CN(CCOC)C(=O)c1cc([N+](=O)[O-])ccc1N1CCOCC1. The summed E-state index contributed by atoms with van der Waals surface area (Å²) in [6, 6.07) is 4.18. The van der Waals surface area contributed by atoms with Gasteiger partial charge in [-0.05, 0) is 13.0 Å². The summed E-state index contributed by atoms with van der Waals surface area (Å²) in [4.78, 5) is 39.0. The number of rotatable bonds is 9. The van der Waals surface area contributed by atoms with Crippen molar-refractivity contribution >= 4 is 23.3 Å². The van der Waals surface area contributed by atoms with Crippen LogP contribution in [0.15, 0.2) is 18.2 Å². The van der Waals surface area contributed by atoms with Crippen molar-refractivity contribution in [1.29, 1.82) is 0 Å². The van der Waals surface area contributed by atoms with Gasteiger partial charge in [-0.15, -0.1) is 0 Å². The van der Waals surface area contributed by atoms with Gasteiger partial charge < -0.3 is 24.0 Å². The number of nitro groups is 1. The molecule has 0 unspecified atom stereocenters. The van der Waals surface area contributed by atoms with E-state index in [1.807, 2.05) is 4.90 Å². The molecule has 0 radical (unpaired) electrons. The van der Waals surface area contributed by atoms with Crippen molar-refractivity contribution in [3.63, 3.8) is 0 Å². The smallest absolute Gasteiger partial charge is 0.325 e. The Labute approximate surface area is 163 Å². The van der Waals surface area contributed by atoms with Crippen LogP contribution in [0.25, 0.3) is 0 Å². The van der Waals surface area contributed by atoms with Crippen LogP contribution in [0.4, 0.5) is 11.4 Å². The fraction of sp³-hybridized carbons (Fsp3) is 0.556. The molecule has 1 amide bonds. The van der Waals surface area contributed by atoms with Crippen LogP contribution in [0.2, 0.25) is 0 Å². The largest absolute Gasteiger partial charge is 0.465 e. The minimum absolute atomic E-state index is 0.152. The highest BCUT2D eigenvalue weighted by atomic mass is 16.6. The minimum atomic E-state index is -0.551. The number of hydrogen-bond donors (Lipinski definition) is 0. The lowest BCUT2D eigenvalue weighted by Crippen LogP contribution is -2.41. The number of carbonyl (C=O) groups is 2. The van der Waals surface area contributed by atoms with Crippen molar-refractivity contribution < 1.29 is 28.7 Å². The molecule has 0 aliphatic carbocycles. The average Bonchev–Trinajstić information content (AvgIpc) is 2.71. The predicted molar refractivity (Wildman–Crippen MR) is 101 cm³/mol. The predicted octanol–water partition coefficient (Wildman–Crippen LogP) is 1.08. The average molecular weight is 395 g/mol. The third kappa shape index (κ3) is 5.64. The number of amides is 1. The van der Waals surface area contributed by atoms with Gasteiger partial charge in [-0.1, -0.05) is 0 Å². The second kappa shape index (κ2) is 10.6. The molecule has 1 aliphatic heterocycles. The molecule has 28 heavy (non-hydrogen) atoms. The highest BCUT2D eigenvalue weighted by molar-refractivity contribution is 6.01. The minimum Gasteiger partial charge on any atom is -0.465 e. The number of nitrogens with zero attached hydrogens (tertiary/aromatic N) is 3. The molecule has 1 aliphatic rings. The van der Waals surface area contributed by atoms with Crippen molar-refractivity contribution in [3.8, 4) is 0 Å². The zero-order valence-corrected chi connectivity index (χ0v) is 16.1. The maximum atomic E-state index is 13.2. The zero-order valence-electron chi connectivity index (χ0n) is 16.1. The maximum absolute atomic E-state index is 13.2. The first-order chi connectivity index (χ1) is 13.5. The summed E-state index contributed by atoms with van der Waals surface area (Å²) in [5, 5.41) is 11.2. The summed E-state index contributed by atoms with van der Waals surface area (Å²) in [6.45, 7) is 4.11. The van der Waals surface area contributed by atoms with Crippen LogP contribution < -0.4 is 4.90 Å². The molecule has 0 N–H and O–H groups in total. The van der Waals surface area contributed by atoms with Crippen molar-refractivity contribution in [2.75, 3.05) is 64.6 Å². The molecule has 1 aromatic rings. The fourth-order valence-electron chi connectivity index (χ4n) is 2.88. The third-order valence-corrected chi connectivity index (χ3v) is 4.25. The summed E-state index contributed by atoms with van der Waals surface area (Å²) < 4.78 is 15.3. The Morgan fingerprint density at radius 1 is 1.32 bits per heavy atom. The second-order valence-electron chi connectivity index (χ2n) is 6.08. The molecule has 0 bridgehead atoms. The van der Waals surface area contributed by atoms with E-state index >= 15 is 0 Å². The van der Waals surface area contributed by atoms with Crippen molar-refractivity contribution in [1.82, 2.24) is 4.90 Å². The summed E-state index contributed by atoms with van der Waals surface area (Å²) in [6.07, 6.45) is 0. The van der Waals surface area contributed by atoms with E-state index in [1.165, 1.54) is 24.1 Å². The summed E-state index contributed by atoms with van der Waals surface area (Å²) in [5.41, 5.74) is 0.546. The molecule has 0 saturated carbocycles. The number of carbonyl (C=O) groups excluding carboxylic acids is 2. The number of hydrogen-bond acceptors (Lipinski definition) is 8. The lowest BCUT2D eigenvalue weighted by Gasteiger charge is -2.31.